The first kappa shape index (κ1) is 35.2. The molecule has 0 bridgehead atoms. The summed E-state index contributed by atoms with van der Waals surface area (Å²) in [6.07, 6.45) is 0. The lowest BCUT2D eigenvalue weighted by molar-refractivity contribution is 1.18. The van der Waals surface area contributed by atoms with Crippen molar-refractivity contribution >= 4 is 32.3 Å². The summed E-state index contributed by atoms with van der Waals surface area (Å²) in [5, 5.41) is 7.48. The van der Waals surface area contributed by atoms with Crippen LogP contribution in [0.25, 0.3) is 111 Å². The number of rotatable bonds is 7. The number of hydrogen-bond acceptors (Lipinski definition) is 2. The fraction of sp³-hybridized carbons (Fsp3) is 0. The predicted molar refractivity (Wildman–Crippen MR) is 253 cm³/mol. The van der Waals surface area contributed by atoms with Gasteiger partial charge < -0.3 is 0 Å². The molecule has 1 aromatic heterocycles. The van der Waals surface area contributed by atoms with Gasteiger partial charge in [-0.25, -0.2) is 9.97 Å². The normalized spacial score (nSPS) is 11.3. The van der Waals surface area contributed by atoms with Gasteiger partial charge in [-0.15, -0.1) is 0 Å². The van der Waals surface area contributed by atoms with E-state index in [1.54, 1.807) is 0 Å². The Morgan fingerprint density at radius 2 is 0.733 bits per heavy atom. The highest BCUT2D eigenvalue weighted by molar-refractivity contribution is 6.20. The highest BCUT2D eigenvalue weighted by Gasteiger charge is 2.17. The molecule has 0 N–H and O–H groups in total. The van der Waals surface area contributed by atoms with Crippen LogP contribution in [0.3, 0.4) is 0 Å². The summed E-state index contributed by atoms with van der Waals surface area (Å²) in [7, 11) is 0. The zero-order valence-corrected chi connectivity index (χ0v) is 32.8. The third kappa shape index (κ3) is 6.51. The summed E-state index contributed by atoms with van der Waals surface area (Å²) < 4.78 is 0. The molecule has 11 aromatic rings. The van der Waals surface area contributed by atoms with E-state index in [1.165, 1.54) is 60.1 Å². The summed E-state index contributed by atoms with van der Waals surface area (Å²) in [6, 6.07) is 82.4. The van der Waals surface area contributed by atoms with Crippen LogP contribution in [-0.2, 0) is 0 Å². The van der Waals surface area contributed by atoms with Gasteiger partial charge in [-0.1, -0.05) is 212 Å². The van der Waals surface area contributed by atoms with E-state index < -0.39 is 0 Å². The maximum Gasteiger partial charge on any atom is 0.160 e. The lowest BCUT2D eigenvalue weighted by Crippen LogP contribution is -1.97. The molecule has 2 nitrogen and oxygen atoms in total. The minimum Gasteiger partial charge on any atom is -0.228 e. The Morgan fingerprint density at radius 3 is 1.43 bits per heavy atom. The smallest absolute Gasteiger partial charge is 0.160 e. The highest BCUT2D eigenvalue weighted by atomic mass is 14.9. The first-order chi connectivity index (χ1) is 29.7. The molecular formula is C58H38N2. The second-order valence-electron chi connectivity index (χ2n) is 15.3. The van der Waals surface area contributed by atoms with E-state index in [0.29, 0.717) is 5.82 Å². The second-order valence-corrected chi connectivity index (χ2v) is 15.3. The van der Waals surface area contributed by atoms with Crippen LogP contribution in [0, 0.1) is 0 Å². The van der Waals surface area contributed by atoms with E-state index in [2.05, 4.69) is 231 Å². The van der Waals surface area contributed by atoms with Crippen molar-refractivity contribution in [2.45, 2.75) is 0 Å². The SMILES string of the molecule is c1ccc(-c2ccc(-c3cc(-c4ccc(-c5ccccc5)c(-c5ccccc5)c4)nc(-c4ccc(-c5c6ccccc6cc6c5ccc5ccccc56)cc4)n3)cc2)cc1. The van der Waals surface area contributed by atoms with Gasteiger partial charge in [-0.2, -0.15) is 0 Å². The molecule has 280 valence electrons. The molecule has 60 heavy (non-hydrogen) atoms. The average molecular weight is 763 g/mol. The molecule has 0 aliphatic heterocycles. The molecule has 2 heteroatoms. The Hall–Kier alpha value is -7.94. The van der Waals surface area contributed by atoms with E-state index in [0.717, 1.165) is 44.8 Å². The van der Waals surface area contributed by atoms with Crippen LogP contribution in [0.4, 0.5) is 0 Å². The van der Waals surface area contributed by atoms with Crippen LogP contribution >= 0.6 is 0 Å². The number of fused-ring (bicyclic) bond motifs is 4. The molecule has 0 radical (unpaired) electrons. The molecule has 0 aliphatic rings. The Kier molecular flexibility index (Phi) is 8.87. The van der Waals surface area contributed by atoms with Crippen molar-refractivity contribution in [1.29, 1.82) is 0 Å². The van der Waals surface area contributed by atoms with Crippen molar-refractivity contribution in [2.75, 3.05) is 0 Å². The Labute approximate surface area is 349 Å². The number of nitrogens with zero attached hydrogens (tertiary/aromatic N) is 2. The fourth-order valence-electron chi connectivity index (χ4n) is 8.68. The van der Waals surface area contributed by atoms with Gasteiger partial charge >= 0.3 is 0 Å². The monoisotopic (exact) mass is 762 g/mol. The molecular weight excluding hydrogens is 725 g/mol. The Balaban J connectivity index is 1.06. The molecule has 0 atom stereocenters. The van der Waals surface area contributed by atoms with E-state index >= 15 is 0 Å². The van der Waals surface area contributed by atoms with Crippen molar-refractivity contribution < 1.29 is 0 Å². The number of benzene rings is 10. The summed E-state index contributed by atoms with van der Waals surface area (Å²) >= 11 is 0. The van der Waals surface area contributed by atoms with Gasteiger partial charge in [0.05, 0.1) is 11.4 Å². The average Bonchev–Trinajstić information content (AvgIpc) is 3.34. The minimum absolute atomic E-state index is 0.684. The van der Waals surface area contributed by atoms with Gasteiger partial charge in [0.25, 0.3) is 0 Å². The molecule has 1 heterocycles. The van der Waals surface area contributed by atoms with Gasteiger partial charge in [0.15, 0.2) is 5.82 Å². The van der Waals surface area contributed by atoms with Crippen LogP contribution in [0.2, 0.25) is 0 Å². The highest BCUT2D eigenvalue weighted by Crippen LogP contribution is 2.41. The summed E-state index contributed by atoms with van der Waals surface area (Å²) in [4.78, 5) is 10.6. The van der Waals surface area contributed by atoms with Crippen LogP contribution in [-0.4, -0.2) is 9.97 Å². The lowest BCUT2D eigenvalue weighted by Gasteiger charge is -2.15. The molecule has 0 spiro atoms. The molecule has 10 aromatic carbocycles. The summed E-state index contributed by atoms with van der Waals surface area (Å²) in [5.74, 6) is 0.684. The molecule has 0 unspecified atom stereocenters. The first-order valence-electron chi connectivity index (χ1n) is 20.5. The van der Waals surface area contributed by atoms with Crippen LogP contribution in [0.1, 0.15) is 0 Å². The quantitative estimate of drug-likeness (QED) is 0.119. The maximum absolute atomic E-state index is 5.33. The minimum atomic E-state index is 0.684. The zero-order chi connectivity index (χ0) is 39.8. The molecule has 0 amide bonds. The molecule has 11 rings (SSSR count). The van der Waals surface area contributed by atoms with Crippen molar-refractivity contribution in [2.24, 2.45) is 0 Å². The topological polar surface area (TPSA) is 25.8 Å². The predicted octanol–water partition coefficient (Wildman–Crippen LogP) is 15.6. The van der Waals surface area contributed by atoms with E-state index in [4.69, 9.17) is 9.97 Å². The van der Waals surface area contributed by atoms with E-state index in [9.17, 15) is 0 Å². The van der Waals surface area contributed by atoms with Crippen LogP contribution < -0.4 is 0 Å². The maximum atomic E-state index is 5.33. The molecule has 0 fully saturated rings. The van der Waals surface area contributed by atoms with Crippen LogP contribution in [0.15, 0.2) is 231 Å². The van der Waals surface area contributed by atoms with E-state index in [1.807, 2.05) is 0 Å². The van der Waals surface area contributed by atoms with Crippen molar-refractivity contribution in [3.8, 4) is 78.4 Å². The number of hydrogen-bond donors (Lipinski definition) is 0. The van der Waals surface area contributed by atoms with Crippen molar-refractivity contribution in [1.82, 2.24) is 9.97 Å². The lowest BCUT2D eigenvalue weighted by atomic mass is 9.89. The molecule has 0 saturated carbocycles. The van der Waals surface area contributed by atoms with Crippen LogP contribution in [0.5, 0.6) is 0 Å². The van der Waals surface area contributed by atoms with Gasteiger partial charge in [-0.3, -0.25) is 0 Å². The first-order valence-corrected chi connectivity index (χ1v) is 20.5. The number of aromatic nitrogens is 2. The molecule has 0 saturated heterocycles. The zero-order valence-electron chi connectivity index (χ0n) is 32.8. The third-order valence-corrected chi connectivity index (χ3v) is 11.7. The second kappa shape index (κ2) is 15.1. The Bertz CT molecular complexity index is 3320. The van der Waals surface area contributed by atoms with E-state index in [-0.39, 0.29) is 0 Å². The third-order valence-electron chi connectivity index (χ3n) is 11.7. The standard InChI is InChI=1S/C58H38N2/c1-4-14-39(15-5-1)40-24-26-44(27-25-40)55-38-56(48-33-34-50(41-16-6-2-7-17-41)53(37-48)42-18-8-3-9-19-42)60-58(59-55)46-30-28-45(29-31-46)57-51-23-13-11-21-47(51)36-54-49-22-12-10-20-43(49)32-35-52(54)57/h1-38H. The molecule has 0 aliphatic carbocycles. The van der Waals surface area contributed by atoms with Gasteiger partial charge in [0, 0.05) is 16.7 Å². The Morgan fingerprint density at radius 1 is 0.233 bits per heavy atom. The van der Waals surface area contributed by atoms with Gasteiger partial charge in [0.1, 0.15) is 0 Å². The fourth-order valence-corrected chi connectivity index (χ4v) is 8.68. The van der Waals surface area contributed by atoms with Crippen molar-refractivity contribution in [3.05, 3.63) is 231 Å². The summed E-state index contributed by atoms with van der Waals surface area (Å²) in [6.45, 7) is 0. The van der Waals surface area contributed by atoms with Gasteiger partial charge in [0.2, 0.25) is 0 Å². The van der Waals surface area contributed by atoms with Crippen molar-refractivity contribution in [3.63, 3.8) is 0 Å². The largest absolute Gasteiger partial charge is 0.228 e. The summed E-state index contributed by atoms with van der Waals surface area (Å²) in [5.41, 5.74) is 14.2. The van der Waals surface area contributed by atoms with Gasteiger partial charge in [-0.05, 0) is 95.0 Å².